The van der Waals surface area contributed by atoms with Crippen molar-refractivity contribution < 1.29 is 8.42 Å². The van der Waals surface area contributed by atoms with Crippen LogP contribution in [0.3, 0.4) is 0 Å². The largest absolute Gasteiger partial charge is 0.329 e. The van der Waals surface area contributed by atoms with Gasteiger partial charge in [-0.1, -0.05) is 6.07 Å². The van der Waals surface area contributed by atoms with Crippen LogP contribution in [0.1, 0.15) is 11.1 Å². The maximum Gasteiger partial charge on any atom is 0.299 e. The molecule has 0 bridgehead atoms. The van der Waals surface area contributed by atoms with E-state index in [-0.39, 0.29) is 13.1 Å². The molecule has 1 rings (SSSR count). The Morgan fingerprint density at radius 1 is 1.25 bits per heavy atom. The number of hydrogen-bond donors (Lipinski definition) is 3. The van der Waals surface area contributed by atoms with Gasteiger partial charge in [0.25, 0.3) is 10.2 Å². The van der Waals surface area contributed by atoms with Crippen molar-refractivity contribution in [1.29, 1.82) is 0 Å². The van der Waals surface area contributed by atoms with Gasteiger partial charge in [-0.2, -0.15) is 13.1 Å². The Hall–Kier alpha value is -1.11. The number of nitrogens with one attached hydrogen (secondary N) is 2. The van der Waals surface area contributed by atoms with E-state index in [0.717, 1.165) is 11.1 Å². The Morgan fingerprint density at radius 2 is 1.94 bits per heavy atom. The molecule has 0 aliphatic carbocycles. The topological polar surface area (TPSA) is 84.2 Å². The summed E-state index contributed by atoms with van der Waals surface area (Å²) in [4.78, 5) is 0. The monoisotopic (exact) mass is 243 g/mol. The molecule has 0 unspecified atom stereocenters. The molecule has 0 aromatic heterocycles. The zero-order valence-electron chi connectivity index (χ0n) is 9.45. The van der Waals surface area contributed by atoms with Crippen molar-refractivity contribution in [2.75, 3.05) is 17.8 Å². The Balaban J connectivity index is 2.76. The Kier molecular flexibility index (Phi) is 4.28. The number of nitrogens with two attached hydrogens (primary N) is 1. The summed E-state index contributed by atoms with van der Waals surface area (Å²) in [5.41, 5.74) is 7.93. The Bertz CT molecular complexity index is 457. The smallest absolute Gasteiger partial charge is 0.299 e. The van der Waals surface area contributed by atoms with Crippen LogP contribution in [-0.2, 0) is 10.2 Å². The summed E-state index contributed by atoms with van der Waals surface area (Å²) in [5.74, 6) is 0. The summed E-state index contributed by atoms with van der Waals surface area (Å²) in [7, 11) is -3.51. The molecule has 0 radical (unpaired) electrons. The second kappa shape index (κ2) is 5.29. The Morgan fingerprint density at radius 3 is 2.50 bits per heavy atom. The molecular weight excluding hydrogens is 226 g/mol. The van der Waals surface area contributed by atoms with Gasteiger partial charge in [0.05, 0.1) is 5.69 Å². The van der Waals surface area contributed by atoms with Gasteiger partial charge >= 0.3 is 0 Å². The van der Waals surface area contributed by atoms with Crippen LogP contribution >= 0.6 is 0 Å². The predicted octanol–water partition coefficient (Wildman–Crippen LogP) is 0.508. The van der Waals surface area contributed by atoms with Crippen LogP contribution < -0.4 is 15.2 Å². The van der Waals surface area contributed by atoms with E-state index in [2.05, 4.69) is 9.44 Å². The highest BCUT2D eigenvalue weighted by atomic mass is 32.2. The van der Waals surface area contributed by atoms with E-state index >= 15 is 0 Å². The van der Waals surface area contributed by atoms with Gasteiger partial charge in [-0.3, -0.25) is 4.72 Å². The summed E-state index contributed by atoms with van der Waals surface area (Å²) < 4.78 is 27.7. The fourth-order valence-electron chi connectivity index (χ4n) is 1.19. The van der Waals surface area contributed by atoms with Gasteiger partial charge in [-0.05, 0) is 37.1 Å². The van der Waals surface area contributed by atoms with Gasteiger partial charge in [-0.15, -0.1) is 0 Å². The van der Waals surface area contributed by atoms with E-state index in [4.69, 9.17) is 5.73 Å². The zero-order chi connectivity index (χ0) is 12.2. The number of rotatable bonds is 5. The molecule has 0 spiro atoms. The third-order valence-electron chi connectivity index (χ3n) is 2.20. The van der Waals surface area contributed by atoms with E-state index in [1.807, 2.05) is 19.9 Å². The normalized spacial score (nSPS) is 11.4. The summed E-state index contributed by atoms with van der Waals surface area (Å²) in [5, 5.41) is 0. The highest BCUT2D eigenvalue weighted by Gasteiger charge is 2.08. The van der Waals surface area contributed by atoms with E-state index < -0.39 is 10.2 Å². The van der Waals surface area contributed by atoms with Crippen molar-refractivity contribution in [3.05, 3.63) is 29.3 Å². The van der Waals surface area contributed by atoms with Crippen LogP contribution in [0.15, 0.2) is 18.2 Å². The van der Waals surface area contributed by atoms with E-state index in [0.29, 0.717) is 5.69 Å². The lowest BCUT2D eigenvalue weighted by Gasteiger charge is -2.10. The quantitative estimate of drug-likeness (QED) is 0.704. The lowest BCUT2D eigenvalue weighted by atomic mass is 10.1. The van der Waals surface area contributed by atoms with Crippen molar-refractivity contribution in [2.24, 2.45) is 5.73 Å². The van der Waals surface area contributed by atoms with Crippen LogP contribution in [-0.4, -0.2) is 21.5 Å². The Labute approximate surface area is 96.2 Å². The molecule has 6 heteroatoms. The third kappa shape index (κ3) is 3.80. The van der Waals surface area contributed by atoms with Gasteiger partial charge in [0, 0.05) is 13.1 Å². The molecule has 90 valence electrons. The predicted molar refractivity (Wildman–Crippen MR) is 65.5 cm³/mol. The summed E-state index contributed by atoms with van der Waals surface area (Å²) in [6.45, 7) is 4.40. The minimum atomic E-state index is -3.51. The molecule has 0 amide bonds. The molecule has 5 nitrogen and oxygen atoms in total. The fraction of sp³-hybridized carbons (Fsp3) is 0.400. The summed E-state index contributed by atoms with van der Waals surface area (Å²) in [6, 6.07) is 5.39. The van der Waals surface area contributed by atoms with Crippen LogP contribution in [0, 0.1) is 13.8 Å². The molecule has 1 aromatic rings. The van der Waals surface area contributed by atoms with Crippen LogP contribution in [0.5, 0.6) is 0 Å². The highest BCUT2D eigenvalue weighted by molar-refractivity contribution is 7.90. The number of benzene rings is 1. The van der Waals surface area contributed by atoms with Crippen LogP contribution in [0.25, 0.3) is 0 Å². The van der Waals surface area contributed by atoms with Crippen molar-refractivity contribution in [3.8, 4) is 0 Å². The first-order valence-electron chi connectivity index (χ1n) is 4.99. The van der Waals surface area contributed by atoms with Crippen molar-refractivity contribution in [1.82, 2.24) is 4.72 Å². The molecule has 0 saturated carbocycles. The van der Waals surface area contributed by atoms with E-state index in [1.165, 1.54) is 0 Å². The van der Waals surface area contributed by atoms with Gasteiger partial charge in [-0.25, -0.2) is 0 Å². The average molecular weight is 243 g/mol. The van der Waals surface area contributed by atoms with Crippen molar-refractivity contribution in [3.63, 3.8) is 0 Å². The van der Waals surface area contributed by atoms with Gasteiger partial charge < -0.3 is 5.73 Å². The second-order valence-electron chi connectivity index (χ2n) is 3.59. The molecule has 0 heterocycles. The molecule has 0 saturated heterocycles. The SMILES string of the molecule is Cc1ccc(NS(=O)(=O)NCCN)cc1C. The lowest BCUT2D eigenvalue weighted by Crippen LogP contribution is -2.33. The standard InChI is InChI=1S/C10H17N3O2S/c1-8-3-4-10(7-9(8)2)13-16(14,15)12-6-5-11/h3-4,7,12-13H,5-6,11H2,1-2H3. The molecule has 0 aliphatic heterocycles. The molecule has 0 fully saturated rings. The first kappa shape index (κ1) is 13.0. The summed E-state index contributed by atoms with van der Waals surface area (Å²) in [6.07, 6.45) is 0. The van der Waals surface area contributed by atoms with Crippen LogP contribution in [0.4, 0.5) is 5.69 Å². The first-order valence-corrected chi connectivity index (χ1v) is 6.47. The second-order valence-corrected chi connectivity index (χ2v) is 5.09. The van der Waals surface area contributed by atoms with Crippen molar-refractivity contribution >= 4 is 15.9 Å². The minimum absolute atomic E-state index is 0.222. The lowest BCUT2D eigenvalue weighted by molar-refractivity contribution is 0.587. The average Bonchev–Trinajstić information content (AvgIpc) is 2.20. The first-order chi connectivity index (χ1) is 7.44. The molecule has 0 aliphatic rings. The molecule has 1 aromatic carbocycles. The minimum Gasteiger partial charge on any atom is -0.329 e. The van der Waals surface area contributed by atoms with Gasteiger partial charge in [0.15, 0.2) is 0 Å². The maximum atomic E-state index is 11.5. The van der Waals surface area contributed by atoms with E-state index in [9.17, 15) is 8.42 Å². The fourth-order valence-corrected chi connectivity index (χ4v) is 2.09. The van der Waals surface area contributed by atoms with Crippen LogP contribution in [0.2, 0.25) is 0 Å². The molecular formula is C10H17N3O2S. The number of aryl methyl sites for hydroxylation is 2. The zero-order valence-corrected chi connectivity index (χ0v) is 10.3. The third-order valence-corrected chi connectivity index (χ3v) is 3.28. The molecule has 16 heavy (non-hydrogen) atoms. The van der Waals surface area contributed by atoms with Gasteiger partial charge in [0.1, 0.15) is 0 Å². The number of hydrogen-bond acceptors (Lipinski definition) is 3. The van der Waals surface area contributed by atoms with Gasteiger partial charge in [0.2, 0.25) is 0 Å². The number of anilines is 1. The summed E-state index contributed by atoms with van der Waals surface area (Å²) >= 11 is 0. The molecule has 4 N–H and O–H groups in total. The maximum absolute atomic E-state index is 11.5. The molecule has 0 atom stereocenters. The van der Waals surface area contributed by atoms with Crippen molar-refractivity contribution in [2.45, 2.75) is 13.8 Å². The highest BCUT2D eigenvalue weighted by Crippen LogP contribution is 2.14. The van der Waals surface area contributed by atoms with E-state index in [1.54, 1.807) is 12.1 Å².